The van der Waals surface area contributed by atoms with E-state index in [2.05, 4.69) is 27.2 Å². The Morgan fingerprint density at radius 2 is 1.94 bits per heavy atom. The number of amides is 1. The van der Waals surface area contributed by atoms with E-state index in [1.165, 1.54) is 5.69 Å². The largest absolute Gasteiger partial charge is 0.495 e. The van der Waals surface area contributed by atoms with E-state index in [9.17, 15) is 4.79 Å². The van der Waals surface area contributed by atoms with Crippen LogP contribution in [0.2, 0.25) is 5.02 Å². The maximum Gasteiger partial charge on any atom is 0.250 e. The van der Waals surface area contributed by atoms with Gasteiger partial charge in [-0.1, -0.05) is 23.7 Å². The second-order valence-corrected chi connectivity index (χ2v) is 8.54. The number of unbranched alkanes of at least 4 members (excludes halogenated alkanes) is 1. The van der Waals surface area contributed by atoms with Crippen molar-refractivity contribution >= 4 is 29.3 Å². The minimum atomic E-state index is -0.0685. The summed E-state index contributed by atoms with van der Waals surface area (Å²) < 4.78 is 11.2. The van der Waals surface area contributed by atoms with Crippen LogP contribution < -0.4 is 19.7 Å². The number of methoxy groups -OCH3 is 1. The molecule has 2 heterocycles. The maximum atomic E-state index is 12.5. The molecule has 0 aromatic heterocycles. The van der Waals surface area contributed by atoms with Gasteiger partial charge in [-0.2, -0.15) is 0 Å². The average molecular weight is 456 g/mol. The summed E-state index contributed by atoms with van der Waals surface area (Å²) in [4.78, 5) is 17.3. The van der Waals surface area contributed by atoms with E-state index in [0.29, 0.717) is 17.1 Å². The lowest BCUT2D eigenvalue weighted by Gasteiger charge is -2.36. The van der Waals surface area contributed by atoms with Crippen molar-refractivity contribution in [2.24, 2.45) is 0 Å². The highest BCUT2D eigenvalue weighted by Crippen LogP contribution is 2.29. The number of carbonyl (C=O) groups is 1. The van der Waals surface area contributed by atoms with E-state index < -0.39 is 0 Å². The molecular formula is C25H30ClN3O3. The second-order valence-electron chi connectivity index (χ2n) is 8.10. The molecule has 0 atom stereocenters. The summed E-state index contributed by atoms with van der Waals surface area (Å²) in [6.07, 6.45) is 3.87. The zero-order chi connectivity index (χ0) is 22.3. The number of hydrogen-bond acceptors (Lipinski definition) is 5. The molecule has 0 aliphatic carbocycles. The molecule has 2 aliphatic rings. The number of fused-ring (bicyclic) bond motifs is 1. The Morgan fingerprint density at radius 1 is 1.12 bits per heavy atom. The minimum absolute atomic E-state index is 0.0685. The quantitative estimate of drug-likeness (QED) is 0.613. The van der Waals surface area contributed by atoms with Crippen molar-refractivity contribution in [2.45, 2.75) is 12.8 Å². The first-order chi connectivity index (χ1) is 15.6. The third-order valence-corrected chi connectivity index (χ3v) is 6.20. The third-order valence-electron chi connectivity index (χ3n) is 5.96. The van der Waals surface area contributed by atoms with Crippen LogP contribution in [0.25, 0.3) is 6.08 Å². The molecule has 1 N–H and O–H groups in total. The molecule has 0 saturated carbocycles. The van der Waals surface area contributed by atoms with Gasteiger partial charge in [0.25, 0.3) is 5.91 Å². The van der Waals surface area contributed by atoms with Crippen LogP contribution in [0.5, 0.6) is 11.5 Å². The highest BCUT2D eigenvalue weighted by atomic mass is 35.5. The van der Waals surface area contributed by atoms with Gasteiger partial charge in [-0.15, -0.1) is 0 Å². The molecule has 0 unspecified atom stereocenters. The molecule has 1 amide bonds. The topological polar surface area (TPSA) is 54.0 Å². The fourth-order valence-corrected chi connectivity index (χ4v) is 4.34. The van der Waals surface area contributed by atoms with Crippen molar-refractivity contribution in [1.29, 1.82) is 0 Å². The minimum Gasteiger partial charge on any atom is -0.495 e. The molecular weight excluding hydrogens is 426 g/mol. The molecule has 4 rings (SSSR count). The van der Waals surface area contributed by atoms with Gasteiger partial charge in [0.1, 0.15) is 18.1 Å². The zero-order valence-corrected chi connectivity index (χ0v) is 19.2. The zero-order valence-electron chi connectivity index (χ0n) is 18.5. The predicted octanol–water partition coefficient (Wildman–Crippen LogP) is 3.84. The Hall–Kier alpha value is -2.70. The summed E-state index contributed by atoms with van der Waals surface area (Å²) in [5.41, 5.74) is 2.65. The summed E-state index contributed by atoms with van der Waals surface area (Å²) in [6, 6.07) is 13.6. The first-order valence-corrected chi connectivity index (χ1v) is 11.5. The summed E-state index contributed by atoms with van der Waals surface area (Å²) in [7, 11) is 1.72. The van der Waals surface area contributed by atoms with Gasteiger partial charge in [0, 0.05) is 43.3 Å². The molecule has 1 saturated heterocycles. The van der Waals surface area contributed by atoms with Crippen molar-refractivity contribution in [3.8, 4) is 11.5 Å². The Morgan fingerprint density at radius 3 is 2.75 bits per heavy atom. The average Bonchev–Trinajstić information content (AvgIpc) is 2.83. The number of piperazine rings is 1. The monoisotopic (exact) mass is 455 g/mol. The number of ether oxygens (including phenoxy) is 2. The van der Waals surface area contributed by atoms with Gasteiger partial charge >= 0.3 is 0 Å². The van der Waals surface area contributed by atoms with Crippen LogP contribution in [-0.4, -0.2) is 63.8 Å². The van der Waals surface area contributed by atoms with Crippen molar-refractivity contribution in [2.75, 3.05) is 57.9 Å². The van der Waals surface area contributed by atoms with E-state index in [1.807, 2.05) is 30.3 Å². The van der Waals surface area contributed by atoms with Crippen LogP contribution >= 0.6 is 11.6 Å². The molecule has 0 bridgehead atoms. The summed E-state index contributed by atoms with van der Waals surface area (Å²) in [5.74, 6) is 1.62. The molecule has 7 heteroatoms. The lowest BCUT2D eigenvalue weighted by molar-refractivity contribution is -0.117. The van der Waals surface area contributed by atoms with Gasteiger partial charge in [0.2, 0.25) is 0 Å². The standard InChI is InChI=1S/C25H30ClN3O3/c1-31-24-7-3-2-6-22(24)29-14-12-28(13-15-29)11-5-4-10-27-25(30)20-16-19-17-21(26)8-9-23(19)32-18-20/h2-3,6-9,16-17H,4-5,10-15,18H2,1H3,(H,27,30). The highest BCUT2D eigenvalue weighted by molar-refractivity contribution is 6.30. The number of anilines is 1. The number of nitrogens with one attached hydrogen (secondary N) is 1. The molecule has 170 valence electrons. The van der Waals surface area contributed by atoms with Crippen molar-refractivity contribution in [3.63, 3.8) is 0 Å². The van der Waals surface area contributed by atoms with Gasteiger partial charge in [0.05, 0.1) is 18.4 Å². The van der Waals surface area contributed by atoms with Crippen LogP contribution in [0.1, 0.15) is 18.4 Å². The SMILES string of the molecule is COc1ccccc1N1CCN(CCCCNC(=O)C2=Cc3cc(Cl)ccc3OC2)CC1. The number of benzene rings is 2. The normalized spacial score (nSPS) is 16.1. The van der Waals surface area contributed by atoms with Gasteiger partial charge in [-0.3, -0.25) is 9.69 Å². The Labute approximate surface area is 194 Å². The van der Waals surface area contributed by atoms with Crippen LogP contribution in [0.3, 0.4) is 0 Å². The van der Waals surface area contributed by atoms with Crippen LogP contribution in [-0.2, 0) is 4.79 Å². The molecule has 1 fully saturated rings. The Bertz CT molecular complexity index is 971. The lowest BCUT2D eigenvalue weighted by Crippen LogP contribution is -2.46. The van der Waals surface area contributed by atoms with Gasteiger partial charge < -0.3 is 19.7 Å². The molecule has 2 aliphatic heterocycles. The smallest absolute Gasteiger partial charge is 0.250 e. The van der Waals surface area contributed by atoms with Crippen molar-refractivity contribution in [1.82, 2.24) is 10.2 Å². The predicted molar refractivity (Wildman–Crippen MR) is 129 cm³/mol. The second kappa shape index (κ2) is 10.7. The maximum absolute atomic E-state index is 12.5. The van der Waals surface area contributed by atoms with E-state index in [0.717, 1.165) is 62.6 Å². The molecule has 0 spiro atoms. The van der Waals surface area contributed by atoms with E-state index in [1.54, 1.807) is 13.2 Å². The van der Waals surface area contributed by atoms with E-state index in [4.69, 9.17) is 21.1 Å². The summed E-state index contributed by atoms with van der Waals surface area (Å²) >= 11 is 6.04. The molecule has 0 radical (unpaired) electrons. The number of hydrogen-bond donors (Lipinski definition) is 1. The van der Waals surface area contributed by atoms with E-state index in [-0.39, 0.29) is 12.5 Å². The van der Waals surface area contributed by atoms with Gasteiger partial charge in [-0.25, -0.2) is 0 Å². The fourth-order valence-electron chi connectivity index (χ4n) is 4.16. The number of halogens is 1. The van der Waals surface area contributed by atoms with Crippen LogP contribution in [0.15, 0.2) is 48.0 Å². The van der Waals surface area contributed by atoms with Gasteiger partial charge in [-0.05, 0) is 55.8 Å². The molecule has 2 aromatic carbocycles. The number of carbonyl (C=O) groups excluding carboxylic acids is 1. The fraction of sp³-hybridized carbons (Fsp3) is 0.400. The first kappa shape index (κ1) is 22.5. The van der Waals surface area contributed by atoms with Crippen LogP contribution in [0, 0.1) is 0 Å². The van der Waals surface area contributed by atoms with Gasteiger partial charge in [0.15, 0.2) is 0 Å². The number of rotatable bonds is 8. The number of para-hydroxylation sites is 2. The summed E-state index contributed by atoms with van der Waals surface area (Å²) in [5, 5.41) is 3.65. The Balaban J connectivity index is 1.15. The first-order valence-electron chi connectivity index (χ1n) is 11.2. The Kier molecular flexibility index (Phi) is 7.55. The van der Waals surface area contributed by atoms with Crippen molar-refractivity contribution < 1.29 is 14.3 Å². The summed E-state index contributed by atoms with van der Waals surface area (Å²) in [6.45, 7) is 6.07. The highest BCUT2D eigenvalue weighted by Gasteiger charge is 2.20. The molecule has 2 aromatic rings. The third kappa shape index (κ3) is 5.56. The molecule has 32 heavy (non-hydrogen) atoms. The van der Waals surface area contributed by atoms with Crippen molar-refractivity contribution in [3.05, 3.63) is 58.6 Å². The number of nitrogens with zero attached hydrogens (tertiary/aromatic N) is 2. The lowest BCUT2D eigenvalue weighted by atomic mass is 10.1. The van der Waals surface area contributed by atoms with E-state index >= 15 is 0 Å². The molecule has 6 nitrogen and oxygen atoms in total. The van der Waals surface area contributed by atoms with Crippen LogP contribution in [0.4, 0.5) is 5.69 Å².